The molecular formula is C30H26F3N7O3S. The zero-order valence-corrected chi connectivity index (χ0v) is 24.3. The van der Waals surface area contributed by atoms with Crippen LogP contribution in [0.4, 0.5) is 35.2 Å². The molecule has 3 aromatic heterocycles. The van der Waals surface area contributed by atoms with E-state index in [4.69, 9.17) is 0 Å². The molecule has 0 saturated heterocycles. The number of thiophene rings is 1. The maximum absolute atomic E-state index is 13.7. The summed E-state index contributed by atoms with van der Waals surface area (Å²) < 4.78 is 43.1. The SMILES string of the molecule is Cc1cn(-c2cc(CNc3ccc(C)c(NC(=O)c4csc5c(N(C(=O)O)C6CC6)ncnc45)c3)cc(C(F)(F)F)c2)cn1. The Kier molecular flexibility index (Phi) is 7.45. The Labute approximate surface area is 253 Å². The predicted octanol–water partition coefficient (Wildman–Crippen LogP) is 7.02. The van der Waals surface area contributed by atoms with Crippen LogP contribution in [0.1, 0.15) is 45.6 Å². The molecule has 14 heteroatoms. The van der Waals surface area contributed by atoms with Crippen LogP contribution >= 0.6 is 11.3 Å². The van der Waals surface area contributed by atoms with Crippen molar-refractivity contribution in [1.29, 1.82) is 0 Å². The number of carbonyl (C=O) groups is 2. The lowest BCUT2D eigenvalue weighted by Crippen LogP contribution is -2.32. The van der Waals surface area contributed by atoms with E-state index in [9.17, 15) is 27.9 Å². The quantitative estimate of drug-likeness (QED) is 0.170. The average molecular weight is 622 g/mol. The van der Waals surface area contributed by atoms with Crippen LogP contribution in [0.25, 0.3) is 15.9 Å². The molecule has 3 heterocycles. The number of nitrogens with one attached hydrogen (secondary N) is 2. The minimum Gasteiger partial charge on any atom is -0.465 e. The summed E-state index contributed by atoms with van der Waals surface area (Å²) in [6.45, 7) is 3.67. The van der Waals surface area contributed by atoms with Crippen molar-refractivity contribution in [1.82, 2.24) is 19.5 Å². The summed E-state index contributed by atoms with van der Waals surface area (Å²) in [5.41, 5.74) is 3.14. The van der Waals surface area contributed by atoms with Crippen LogP contribution in [0, 0.1) is 13.8 Å². The van der Waals surface area contributed by atoms with Crippen LogP contribution < -0.4 is 15.5 Å². The number of hydrogen-bond donors (Lipinski definition) is 3. The number of halogens is 3. The summed E-state index contributed by atoms with van der Waals surface area (Å²) in [5, 5.41) is 17.4. The van der Waals surface area contributed by atoms with E-state index < -0.39 is 23.7 Å². The van der Waals surface area contributed by atoms with Crippen molar-refractivity contribution in [2.24, 2.45) is 0 Å². The monoisotopic (exact) mass is 621 g/mol. The first-order chi connectivity index (χ1) is 21.0. The summed E-state index contributed by atoms with van der Waals surface area (Å²) in [4.78, 5) is 39.1. The number of benzene rings is 2. The Hall–Kier alpha value is -4.98. The van der Waals surface area contributed by atoms with Gasteiger partial charge in [-0.1, -0.05) is 6.07 Å². The molecule has 0 atom stereocenters. The van der Waals surface area contributed by atoms with Gasteiger partial charge in [-0.2, -0.15) is 13.2 Å². The molecule has 0 spiro atoms. The molecule has 2 aromatic carbocycles. The minimum atomic E-state index is -4.52. The molecule has 44 heavy (non-hydrogen) atoms. The second-order valence-electron chi connectivity index (χ2n) is 10.6. The number of alkyl halides is 3. The van der Waals surface area contributed by atoms with Crippen LogP contribution in [0.3, 0.4) is 0 Å². The van der Waals surface area contributed by atoms with Gasteiger partial charge in [0.05, 0.1) is 33.4 Å². The fourth-order valence-corrected chi connectivity index (χ4v) is 5.82. The van der Waals surface area contributed by atoms with Gasteiger partial charge in [-0.25, -0.2) is 19.7 Å². The van der Waals surface area contributed by atoms with Crippen molar-refractivity contribution in [3.63, 3.8) is 0 Å². The number of nitrogens with zero attached hydrogens (tertiary/aromatic N) is 5. The number of carbonyl (C=O) groups excluding carboxylic acids is 1. The molecule has 1 aliphatic rings. The number of hydrogen-bond acceptors (Lipinski definition) is 7. The Morgan fingerprint density at radius 1 is 1.11 bits per heavy atom. The highest BCUT2D eigenvalue weighted by Crippen LogP contribution is 2.38. The number of anilines is 3. The number of aromatic nitrogens is 4. The number of imidazole rings is 1. The highest BCUT2D eigenvalue weighted by Gasteiger charge is 2.36. The first kappa shape index (κ1) is 29.1. The number of rotatable bonds is 8. The lowest BCUT2D eigenvalue weighted by Gasteiger charge is -2.17. The molecule has 2 amide bonds. The molecule has 226 valence electrons. The molecule has 1 fully saturated rings. The number of amides is 2. The molecular weight excluding hydrogens is 595 g/mol. The van der Waals surface area contributed by atoms with Gasteiger partial charge in [-0.05, 0) is 68.1 Å². The lowest BCUT2D eigenvalue weighted by molar-refractivity contribution is -0.137. The molecule has 3 N–H and O–H groups in total. The molecule has 0 unspecified atom stereocenters. The van der Waals surface area contributed by atoms with Gasteiger partial charge in [0.2, 0.25) is 0 Å². The highest BCUT2D eigenvalue weighted by molar-refractivity contribution is 7.18. The van der Waals surface area contributed by atoms with Crippen molar-refractivity contribution < 1.29 is 27.9 Å². The van der Waals surface area contributed by atoms with E-state index in [1.165, 1.54) is 28.9 Å². The van der Waals surface area contributed by atoms with Crippen molar-refractivity contribution in [3.8, 4) is 5.69 Å². The van der Waals surface area contributed by atoms with E-state index in [2.05, 4.69) is 25.6 Å². The zero-order valence-electron chi connectivity index (χ0n) is 23.5. The first-order valence-electron chi connectivity index (χ1n) is 13.6. The summed E-state index contributed by atoms with van der Waals surface area (Å²) in [6, 6.07) is 8.97. The number of carboxylic acid groups (broad SMARTS) is 1. The number of fused-ring (bicyclic) bond motifs is 1. The third kappa shape index (κ3) is 5.93. The van der Waals surface area contributed by atoms with E-state index in [1.54, 1.807) is 47.3 Å². The van der Waals surface area contributed by atoms with Gasteiger partial charge in [0.1, 0.15) is 6.33 Å². The van der Waals surface area contributed by atoms with Gasteiger partial charge in [0.25, 0.3) is 5.91 Å². The predicted molar refractivity (Wildman–Crippen MR) is 161 cm³/mol. The second kappa shape index (κ2) is 11.3. The largest absolute Gasteiger partial charge is 0.465 e. The molecule has 0 bridgehead atoms. The average Bonchev–Trinajstić information content (AvgIpc) is 3.54. The first-order valence-corrected chi connectivity index (χ1v) is 14.5. The maximum Gasteiger partial charge on any atom is 0.416 e. The van der Waals surface area contributed by atoms with E-state index in [0.717, 1.165) is 30.5 Å². The summed E-state index contributed by atoms with van der Waals surface area (Å²) in [5.74, 6) is -0.176. The molecule has 1 saturated carbocycles. The van der Waals surface area contributed by atoms with Gasteiger partial charge < -0.3 is 20.3 Å². The van der Waals surface area contributed by atoms with Crippen molar-refractivity contribution in [3.05, 3.63) is 88.6 Å². The standard InChI is InChI=1S/C30H26F3N7O3S/c1-16-3-4-20(34-11-18-7-19(30(31,32)33)9-22(8-18)39-12-17(2)37-15-39)10-24(16)38-28(41)23-13-44-26-25(23)35-14-36-27(26)40(29(42)43)21-5-6-21/h3-4,7-10,12-15,21,34H,5-6,11H2,1-2H3,(H,38,41)(H,42,43). The Balaban J connectivity index is 1.22. The molecule has 0 radical (unpaired) electrons. The van der Waals surface area contributed by atoms with Gasteiger partial charge in [0.15, 0.2) is 5.82 Å². The molecule has 5 aromatic rings. The molecule has 0 aliphatic heterocycles. The van der Waals surface area contributed by atoms with E-state index in [-0.39, 0.29) is 24.0 Å². The van der Waals surface area contributed by atoms with Gasteiger partial charge >= 0.3 is 12.3 Å². The fourth-order valence-electron chi connectivity index (χ4n) is 4.84. The summed E-state index contributed by atoms with van der Waals surface area (Å²) >= 11 is 1.20. The van der Waals surface area contributed by atoms with Crippen LogP contribution in [-0.4, -0.2) is 42.7 Å². The normalized spacial score (nSPS) is 13.2. The van der Waals surface area contributed by atoms with Crippen LogP contribution in [0.5, 0.6) is 0 Å². The Morgan fingerprint density at radius 3 is 2.59 bits per heavy atom. The molecule has 1 aliphatic carbocycles. The molecule has 6 rings (SSSR count). The molecule has 10 nitrogen and oxygen atoms in total. The van der Waals surface area contributed by atoms with Crippen LogP contribution in [-0.2, 0) is 12.7 Å². The highest BCUT2D eigenvalue weighted by atomic mass is 32.1. The third-order valence-electron chi connectivity index (χ3n) is 7.22. The minimum absolute atomic E-state index is 0.0942. The van der Waals surface area contributed by atoms with Crippen LogP contribution in [0.15, 0.2) is 60.6 Å². The van der Waals surface area contributed by atoms with Crippen molar-refractivity contribution >= 4 is 50.7 Å². The second-order valence-corrected chi connectivity index (χ2v) is 11.4. The summed E-state index contributed by atoms with van der Waals surface area (Å²) in [6.07, 6.45) is 0.241. The maximum atomic E-state index is 13.7. The topological polar surface area (TPSA) is 125 Å². The zero-order chi connectivity index (χ0) is 31.2. The van der Waals surface area contributed by atoms with Crippen molar-refractivity contribution in [2.75, 3.05) is 15.5 Å². The lowest BCUT2D eigenvalue weighted by atomic mass is 10.1. The van der Waals surface area contributed by atoms with E-state index in [1.807, 2.05) is 6.92 Å². The Bertz CT molecular complexity index is 1900. The Morgan fingerprint density at radius 2 is 1.91 bits per heavy atom. The van der Waals surface area contributed by atoms with Gasteiger partial charge in [-0.15, -0.1) is 11.3 Å². The van der Waals surface area contributed by atoms with E-state index >= 15 is 0 Å². The van der Waals surface area contributed by atoms with Gasteiger partial charge in [0, 0.05) is 41.2 Å². The van der Waals surface area contributed by atoms with E-state index in [0.29, 0.717) is 38.5 Å². The number of aryl methyl sites for hydroxylation is 2. The van der Waals surface area contributed by atoms with Gasteiger partial charge in [-0.3, -0.25) is 9.69 Å². The fraction of sp³-hybridized carbons (Fsp3) is 0.233. The van der Waals surface area contributed by atoms with Crippen molar-refractivity contribution in [2.45, 2.75) is 45.5 Å². The van der Waals surface area contributed by atoms with Crippen LogP contribution in [0.2, 0.25) is 0 Å². The summed E-state index contributed by atoms with van der Waals surface area (Å²) in [7, 11) is 0. The smallest absolute Gasteiger partial charge is 0.416 e. The third-order valence-corrected chi connectivity index (χ3v) is 8.19.